The molecule has 2 aromatic carbocycles. The Hall–Kier alpha value is -2.54. The minimum atomic E-state index is -4.02. The van der Waals surface area contributed by atoms with Gasteiger partial charge in [-0.25, -0.2) is 4.72 Å². The molecule has 2 aromatic rings. The van der Waals surface area contributed by atoms with E-state index >= 15 is 0 Å². The average molecular weight is 443 g/mol. The third-order valence-corrected chi connectivity index (χ3v) is 8.03. The van der Waals surface area contributed by atoms with Crippen molar-refractivity contribution in [1.82, 2.24) is 4.72 Å². The summed E-state index contributed by atoms with van der Waals surface area (Å²) < 4.78 is 35.8. The maximum Gasteiger partial charge on any atom is 0.326 e. The van der Waals surface area contributed by atoms with Gasteiger partial charge in [0.05, 0.1) is 18.2 Å². The molecule has 1 saturated carbocycles. The molecule has 1 amide bonds. The highest BCUT2D eigenvalue weighted by Crippen LogP contribution is 2.48. The number of hydrogen-bond acceptors (Lipinski definition) is 4. The molecule has 166 valence electrons. The van der Waals surface area contributed by atoms with Crippen molar-refractivity contribution < 1.29 is 17.9 Å². The van der Waals surface area contributed by atoms with E-state index in [-0.39, 0.29) is 0 Å². The van der Waals surface area contributed by atoms with Gasteiger partial charge in [-0.1, -0.05) is 50.6 Å². The van der Waals surface area contributed by atoms with E-state index in [1.165, 1.54) is 4.31 Å². The van der Waals surface area contributed by atoms with Gasteiger partial charge >= 0.3 is 10.2 Å². The largest absolute Gasteiger partial charge is 0.496 e. The maximum atomic E-state index is 13.5. The van der Waals surface area contributed by atoms with Gasteiger partial charge in [0, 0.05) is 12.1 Å². The predicted octanol–water partition coefficient (Wildman–Crippen LogP) is 4.05. The lowest BCUT2D eigenvalue weighted by Gasteiger charge is -2.42. The van der Waals surface area contributed by atoms with Gasteiger partial charge in [-0.15, -0.1) is 0 Å². The lowest BCUT2D eigenvalue weighted by Crippen LogP contribution is -2.54. The van der Waals surface area contributed by atoms with E-state index in [4.69, 9.17) is 4.74 Å². The molecule has 0 bridgehead atoms. The molecule has 1 heterocycles. The van der Waals surface area contributed by atoms with E-state index < -0.39 is 21.5 Å². The summed E-state index contributed by atoms with van der Waals surface area (Å²) in [6.07, 6.45) is 3.63. The van der Waals surface area contributed by atoms with Crippen LogP contribution in [0.5, 0.6) is 5.75 Å². The topological polar surface area (TPSA) is 75.7 Å². The number of ether oxygens (including phenoxy) is 1. The van der Waals surface area contributed by atoms with E-state index in [0.29, 0.717) is 36.7 Å². The number of fused-ring (bicyclic) bond motifs is 1. The quantitative estimate of drug-likeness (QED) is 0.732. The van der Waals surface area contributed by atoms with Gasteiger partial charge in [0.1, 0.15) is 5.75 Å². The lowest BCUT2D eigenvalue weighted by atomic mass is 9.63. The fraction of sp³-hybridized carbons (Fsp3) is 0.458. The zero-order valence-electron chi connectivity index (χ0n) is 18.3. The van der Waals surface area contributed by atoms with Crippen LogP contribution in [0.25, 0.3) is 0 Å². The number of aryl methyl sites for hydroxylation is 1. The minimum absolute atomic E-state index is 0.290. The predicted molar refractivity (Wildman–Crippen MR) is 122 cm³/mol. The summed E-state index contributed by atoms with van der Waals surface area (Å²) in [6.45, 7) is 4.55. The Kier molecular flexibility index (Phi) is 5.73. The molecule has 1 N–H and O–H groups in total. The monoisotopic (exact) mass is 442 g/mol. The highest BCUT2D eigenvalue weighted by molar-refractivity contribution is 7.91. The first-order valence-corrected chi connectivity index (χ1v) is 12.3. The molecule has 1 aliphatic heterocycles. The number of methoxy groups -OCH3 is 1. The minimum Gasteiger partial charge on any atom is -0.496 e. The summed E-state index contributed by atoms with van der Waals surface area (Å²) >= 11 is 0. The van der Waals surface area contributed by atoms with Crippen molar-refractivity contribution in [2.45, 2.75) is 57.3 Å². The van der Waals surface area contributed by atoms with Gasteiger partial charge in [0.2, 0.25) is 5.91 Å². The van der Waals surface area contributed by atoms with Crippen molar-refractivity contribution in [3.05, 3.63) is 59.2 Å². The van der Waals surface area contributed by atoms with Crippen LogP contribution in [0.4, 0.5) is 5.69 Å². The summed E-state index contributed by atoms with van der Waals surface area (Å²) in [6, 6.07) is 13.4. The summed E-state index contributed by atoms with van der Waals surface area (Å²) in [4.78, 5) is 13.5. The van der Waals surface area contributed by atoms with Crippen LogP contribution in [0, 0.1) is 0 Å². The standard InChI is InChI=1S/C24H30N2O4S/c1-17(2)19-11-12-22(30-3)20(16-19)24(13-7-14-24)23(27)25-31(28,29)26-15-6-9-18-8-4-5-10-21(18)26/h4-5,8,10-12,16-17H,6-7,9,13-15H2,1-3H3,(H,25,27). The molecule has 0 unspecified atom stereocenters. The number of nitrogens with one attached hydrogen (secondary N) is 1. The van der Waals surface area contributed by atoms with Crippen molar-refractivity contribution in [2.75, 3.05) is 18.0 Å². The van der Waals surface area contributed by atoms with Gasteiger partial charge in [-0.05, 0) is 54.9 Å². The number of anilines is 1. The third kappa shape index (κ3) is 3.80. The van der Waals surface area contributed by atoms with Crippen molar-refractivity contribution in [3.8, 4) is 5.75 Å². The smallest absolute Gasteiger partial charge is 0.326 e. The summed E-state index contributed by atoms with van der Waals surface area (Å²) in [5, 5.41) is 0. The van der Waals surface area contributed by atoms with Crippen LogP contribution < -0.4 is 13.8 Å². The number of nitrogens with zero attached hydrogens (tertiary/aromatic N) is 1. The molecule has 4 rings (SSSR count). The summed E-state index contributed by atoms with van der Waals surface area (Å²) in [5.41, 5.74) is 2.62. The third-order valence-electron chi connectivity index (χ3n) is 6.63. The molecule has 1 aliphatic carbocycles. The molecule has 0 aromatic heterocycles. The molecule has 6 nitrogen and oxygen atoms in total. The second-order valence-electron chi connectivity index (χ2n) is 8.79. The Labute approximate surface area is 184 Å². The summed E-state index contributed by atoms with van der Waals surface area (Å²) in [5.74, 6) is 0.444. The van der Waals surface area contributed by atoms with Gasteiger partial charge in [-0.3, -0.25) is 9.10 Å². The van der Waals surface area contributed by atoms with Gasteiger partial charge < -0.3 is 4.74 Å². The molecule has 1 fully saturated rings. The average Bonchev–Trinajstić information content (AvgIpc) is 2.72. The van der Waals surface area contributed by atoms with E-state index in [2.05, 4.69) is 18.6 Å². The Morgan fingerprint density at radius 3 is 2.52 bits per heavy atom. The number of benzene rings is 2. The highest BCUT2D eigenvalue weighted by Gasteiger charge is 2.49. The normalized spacial score (nSPS) is 17.6. The molecule has 2 aliphatic rings. The Balaban J connectivity index is 1.67. The van der Waals surface area contributed by atoms with Crippen molar-refractivity contribution in [2.24, 2.45) is 0 Å². The number of para-hydroxylation sites is 1. The van der Waals surface area contributed by atoms with Crippen LogP contribution in [0.3, 0.4) is 0 Å². The van der Waals surface area contributed by atoms with Crippen LogP contribution in [-0.2, 0) is 26.8 Å². The molecule has 31 heavy (non-hydrogen) atoms. The van der Waals surface area contributed by atoms with E-state index in [0.717, 1.165) is 36.0 Å². The number of hydrogen-bond donors (Lipinski definition) is 1. The molecule has 0 radical (unpaired) electrons. The molecular weight excluding hydrogens is 412 g/mol. The first kappa shape index (κ1) is 21.7. The number of amides is 1. The fourth-order valence-electron chi connectivity index (χ4n) is 4.63. The Morgan fingerprint density at radius 1 is 1.13 bits per heavy atom. The van der Waals surface area contributed by atoms with Crippen molar-refractivity contribution in [3.63, 3.8) is 0 Å². The van der Waals surface area contributed by atoms with Crippen molar-refractivity contribution in [1.29, 1.82) is 0 Å². The first-order valence-electron chi connectivity index (χ1n) is 10.9. The SMILES string of the molecule is COc1ccc(C(C)C)cc1C1(C(=O)NS(=O)(=O)N2CCCc3ccccc32)CCC1. The Morgan fingerprint density at radius 2 is 1.87 bits per heavy atom. The number of carbonyl (C=O) groups excluding carboxylic acids is 1. The molecule has 0 atom stereocenters. The van der Waals surface area contributed by atoms with Crippen molar-refractivity contribution >= 4 is 21.8 Å². The van der Waals surface area contributed by atoms with Crippen LogP contribution in [0.2, 0.25) is 0 Å². The van der Waals surface area contributed by atoms with E-state index in [9.17, 15) is 13.2 Å². The second-order valence-corrected chi connectivity index (χ2v) is 10.4. The summed E-state index contributed by atoms with van der Waals surface area (Å²) in [7, 11) is -2.43. The lowest BCUT2D eigenvalue weighted by molar-refractivity contribution is -0.128. The zero-order valence-corrected chi connectivity index (χ0v) is 19.2. The number of carbonyl (C=O) groups is 1. The highest BCUT2D eigenvalue weighted by atomic mass is 32.2. The fourth-order valence-corrected chi connectivity index (χ4v) is 5.97. The van der Waals surface area contributed by atoms with Crippen LogP contribution in [-0.4, -0.2) is 28.0 Å². The van der Waals surface area contributed by atoms with Crippen LogP contribution in [0.15, 0.2) is 42.5 Å². The number of rotatable bonds is 6. The van der Waals surface area contributed by atoms with Crippen LogP contribution in [0.1, 0.15) is 62.1 Å². The van der Waals surface area contributed by atoms with E-state index in [1.54, 1.807) is 13.2 Å². The second kappa shape index (κ2) is 8.19. The van der Waals surface area contributed by atoms with E-state index in [1.807, 2.05) is 36.4 Å². The maximum absolute atomic E-state index is 13.5. The molecule has 7 heteroatoms. The molecule has 0 spiro atoms. The van der Waals surface area contributed by atoms with Gasteiger partial charge in [0.25, 0.3) is 0 Å². The van der Waals surface area contributed by atoms with Gasteiger partial charge in [0.15, 0.2) is 0 Å². The zero-order chi connectivity index (χ0) is 22.2. The first-order chi connectivity index (χ1) is 14.8. The Bertz CT molecular complexity index is 1090. The van der Waals surface area contributed by atoms with Crippen LogP contribution >= 0.6 is 0 Å². The van der Waals surface area contributed by atoms with Gasteiger partial charge in [-0.2, -0.15) is 8.42 Å². The molecule has 0 saturated heterocycles. The molecular formula is C24H30N2O4S.